The fourth-order valence-electron chi connectivity index (χ4n) is 0.985. The van der Waals surface area contributed by atoms with Crippen molar-refractivity contribution in [3.8, 4) is 0 Å². The van der Waals surface area contributed by atoms with E-state index in [1.165, 1.54) is 0 Å². The summed E-state index contributed by atoms with van der Waals surface area (Å²) in [5.41, 5.74) is 4.76. The molecule has 14 heavy (non-hydrogen) atoms. The lowest BCUT2D eigenvalue weighted by atomic mass is 10.1. The molecule has 1 nitrogen and oxygen atoms in total. The summed E-state index contributed by atoms with van der Waals surface area (Å²) in [5, 5.41) is 0. The second-order valence-electron chi connectivity index (χ2n) is 2.54. The predicted molar refractivity (Wildman–Crippen MR) is 54.2 cm³/mol. The Morgan fingerprint density at radius 3 is 2.07 bits per heavy atom. The lowest BCUT2D eigenvalue weighted by molar-refractivity contribution is 0.413. The average molecular weight is 291 g/mol. The fraction of sp³-hybridized carbons (Fsp3) is 0.250. The van der Waals surface area contributed by atoms with Gasteiger partial charge < -0.3 is 5.73 Å². The van der Waals surface area contributed by atoms with Crippen molar-refractivity contribution in [2.24, 2.45) is 5.73 Å². The first-order valence-corrected chi connectivity index (χ1v) is 4.31. The molecule has 0 saturated heterocycles. The molecule has 0 unspecified atom stereocenters. The highest BCUT2D eigenvalue weighted by Crippen LogP contribution is 2.23. The third-order valence-corrected chi connectivity index (χ3v) is 2.04. The molecule has 1 rings (SSSR count). The van der Waals surface area contributed by atoms with Gasteiger partial charge in [0.15, 0.2) is 0 Å². The first kappa shape index (κ1) is 13.7. The molecule has 0 aliphatic heterocycles. The molecule has 6 heteroatoms. The Kier molecular flexibility index (Phi) is 5.48. The number of hydrogen-bond acceptors (Lipinski definition) is 1. The number of rotatable bonds is 2. The van der Waals surface area contributed by atoms with E-state index in [-0.39, 0.29) is 16.9 Å². The number of benzene rings is 1. The summed E-state index contributed by atoms with van der Waals surface area (Å²) in [6.07, 6.45) is 0. The third kappa shape index (κ3) is 2.87. The molecule has 0 aromatic heterocycles. The predicted octanol–water partition coefficient (Wildman–Crippen LogP) is 3.12. The molecule has 0 aliphatic rings. The van der Waals surface area contributed by atoms with Gasteiger partial charge in [0, 0.05) is 10.0 Å². The Labute approximate surface area is 94.0 Å². The van der Waals surface area contributed by atoms with Gasteiger partial charge in [0.05, 0.1) is 6.04 Å². The molecule has 80 valence electrons. The summed E-state index contributed by atoms with van der Waals surface area (Å²) in [7, 11) is 0. The Morgan fingerprint density at radius 2 is 1.71 bits per heavy atom. The van der Waals surface area contributed by atoms with Crippen LogP contribution in [0.5, 0.6) is 0 Å². The van der Waals surface area contributed by atoms with Gasteiger partial charge in [-0.15, -0.1) is 12.4 Å². The minimum atomic E-state index is -1.24. The second kappa shape index (κ2) is 5.58. The summed E-state index contributed by atoms with van der Waals surface area (Å²) in [6.45, 7) is -0.991. The quantitative estimate of drug-likeness (QED) is 0.890. The molecule has 1 atom stereocenters. The lowest BCUT2D eigenvalue weighted by Gasteiger charge is -2.10. The Hall–Kier alpha value is -0.260. The Bertz CT molecular complexity index is 298. The van der Waals surface area contributed by atoms with E-state index in [0.29, 0.717) is 0 Å². The number of alkyl halides is 1. The number of nitrogens with two attached hydrogens (primary N) is 1. The molecule has 0 aliphatic carbocycles. The van der Waals surface area contributed by atoms with E-state index in [4.69, 9.17) is 5.73 Å². The van der Waals surface area contributed by atoms with Crippen LogP contribution in [0.3, 0.4) is 0 Å². The van der Waals surface area contributed by atoms with Crippen LogP contribution in [0.25, 0.3) is 0 Å². The maximum absolute atomic E-state index is 13.0. The highest BCUT2D eigenvalue weighted by atomic mass is 79.9. The summed E-state index contributed by atoms with van der Waals surface area (Å²) in [5.74, 6) is -1.67. The van der Waals surface area contributed by atoms with Crippen molar-refractivity contribution < 1.29 is 13.2 Å². The van der Waals surface area contributed by atoms with Gasteiger partial charge in [-0.3, -0.25) is 0 Å². The van der Waals surface area contributed by atoms with Crippen LogP contribution in [-0.4, -0.2) is 6.67 Å². The van der Waals surface area contributed by atoms with Crippen LogP contribution in [0.4, 0.5) is 13.2 Å². The first-order valence-electron chi connectivity index (χ1n) is 3.52. The van der Waals surface area contributed by atoms with E-state index in [1.54, 1.807) is 0 Å². The van der Waals surface area contributed by atoms with Crippen molar-refractivity contribution in [2.45, 2.75) is 6.04 Å². The molecule has 1 aromatic rings. The third-order valence-electron chi connectivity index (χ3n) is 1.58. The normalized spacial score (nSPS) is 12.1. The van der Waals surface area contributed by atoms with Crippen molar-refractivity contribution in [1.29, 1.82) is 0 Å². The second-order valence-corrected chi connectivity index (χ2v) is 3.46. The maximum atomic E-state index is 13.0. The van der Waals surface area contributed by atoms with Gasteiger partial charge in [-0.25, -0.2) is 13.2 Å². The number of halogens is 5. The molecule has 0 fully saturated rings. The molecule has 0 radical (unpaired) electrons. The van der Waals surface area contributed by atoms with E-state index in [0.717, 1.165) is 12.1 Å². The highest BCUT2D eigenvalue weighted by molar-refractivity contribution is 9.10. The number of hydrogen-bond donors (Lipinski definition) is 1. The fourth-order valence-corrected chi connectivity index (χ4v) is 1.39. The van der Waals surface area contributed by atoms with Crippen LogP contribution in [0.15, 0.2) is 16.6 Å². The highest BCUT2D eigenvalue weighted by Gasteiger charge is 2.17. The zero-order chi connectivity index (χ0) is 10.0. The van der Waals surface area contributed by atoms with Crippen LogP contribution in [0.2, 0.25) is 0 Å². The standard InChI is InChI=1S/C8H7BrF3N.ClH/c9-4-1-5(11)8(6(12)2-4)7(13)3-10;/h1-2,7H,3,13H2;1H/t7-;/m1./s1. The molecule has 0 saturated carbocycles. The Morgan fingerprint density at radius 1 is 1.29 bits per heavy atom. The minimum Gasteiger partial charge on any atom is -0.322 e. The van der Waals surface area contributed by atoms with Crippen molar-refractivity contribution in [1.82, 2.24) is 0 Å². The molecule has 0 heterocycles. The van der Waals surface area contributed by atoms with E-state index in [1.807, 2.05) is 0 Å². The topological polar surface area (TPSA) is 26.0 Å². The Balaban J connectivity index is 0.00000169. The summed E-state index contributed by atoms with van der Waals surface area (Å²) < 4.78 is 38.4. The maximum Gasteiger partial charge on any atom is 0.132 e. The SMILES string of the molecule is Cl.N[C@H](CF)c1c(F)cc(Br)cc1F. The van der Waals surface area contributed by atoms with Crippen LogP contribution in [0, 0.1) is 11.6 Å². The molecule has 0 amide bonds. The zero-order valence-corrected chi connectivity index (χ0v) is 9.34. The lowest BCUT2D eigenvalue weighted by Crippen LogP contribution is -2.16. The molecule has 1 aromatic carbocycles. The van der Waals surface area contributed by atoms with Crippen molar-refractivity contribution in [3.63, 3.8) is 0 Å². The summed E-state index contributed by atoms with van der Waals surface area (Å²) in [6, 6.07) is 0.857. The van der Waals surface area contributed by atoms with Crippen LogP contribution >= 0.6 is 28.3 Å². The van der Waals surface area contributed by atoms with Gasteiger partial charge in [-0.2, -0.15) is 0 Å². The van der Waals surface area contributed by atoms with Crippen LogP contribution < -0.4 is 5.73 Å². The average Bonchev–Trinajstić information content (AvgIpc) is 2.02. The molecule has 0 bridgehead atoms. The summed E-state index contributed by atoms with van der Waals surface area (Å²) >= 11 is 2.90. The van der Waals surface area contributed by atoms with Gasteiger partial charge in [-0.1, -0.05) is 15.9 Å². The van der Waals surface area contributed by atoms with Gasteiger partial charge in [0.25, 0.3) is 0 Å². The van der Waals surface area contributed by atoms with E-state index in [2.05, 4.69) is 15.9 Å². The van der Waals surface area contributed by atoms with Crippen LogP contribution in [0.1, 0.15) is 11.6 Å². The monoisotopic (exact) mass is 289 g/mol. The van der Waals surface area contributed by atoms with E-state index in [9.17, 15) is 13.2 Å². The molecule has 2 N–H and O–H groups in total. The zero-order valence-electron chi connectivity index (χ0n) is 6.94. The van der Waals surface area contributed by atoms with Crippen molar-refractivity contribution in [3.05, 3.63) is 33.8 Å². The first-order chi connectivity index (χ1) is 6.06. The summed E-state index contributed by atoms with van der Waals surface area (Å²) in [4.78, 5) is 0. The molecule has 0 spiro atoms. The van der Waals surface area contributed by atoms with E-state index >= 15 is 0 Å². The minimum absolute atomic E-state index is 0. The van der Waals surface area contributed by atoms with Gasteiger partial charge in [0.2, 0.25) is 0 Å². The van der Waals surface area contributed by atoms with Gasteiger partial charge in [0.1, 0.15) is 18.3 Å². The van der Waals surface area contributed by atoms with Crippen molar-refractivity contribution >= 4 is 28.3 Å². The largest absolute Gasteiger partial charge is 0.322 e. The van der Waals surface area contributed by atoms with Crippen LogP contribution in [-0.2, 0) is 0 Å². The molecular formula is C8H8BrClF3N. The van der Waals surface area contributed by atoms with Crippen molar-refractivity contribution in [2.75, 3.05) is 6.67 Å². The smallest absolute Gasteiger partial charge is 0.132 e. The molecular weight excluding hydrogens is 282 g/mol. The van der Waals surface area contributed by atoms with Gasteiger partial charge >= 0.3 is 0 Å². The van der Waals surface area contributed by atoms with Gasteiger partial charge in [-0.05, 0) is 12.1 Å². The van der Waals surface area contributed by atoms with E-state index < -0.39 is 29.9 Å².